The Morgan fingerprint density at radius 3 is 2.33 bits per heavy atom. The largest absolute Gasteiger partial charge is 0.507 e. The molecule has 2 aromatic carbocycles. The van der Waals surface area contributed by atoms with Gasteiger partial charge in [0, 0.05) is 0 Å². The smallest absolute Gasteiger partial charge is 0.339 e. The number of phenols is 1. The molecule has 0 saturated carbocycles. The number of benzene rings is 2. The van der Waals surface area contributed by atoms with Crippen molar-refractivity contribution in [1.82, 2.24) is 0 Å². The first-order valence-corrected chi connectivity index (χ1v) is 5.66. The minimum atomic E-state index is -1.15. The van der Waals surface area contributed by atoms with Crippen molar-refractivity contribution in [2.75, 3.05) is 7.11 Å². The Balaban J connectivity index is 0.000000771. The number of fused-ring (bicyclic) bond motifs is 1. The van der Waals surface area contributed by atoms with Crippen LogP contribution < -0.4 is 4.74 Å². The highest BCUT2D eigenvalue weighted by Crippen LogP contribution is 2.27. The van der Waals surface area contributed by atoms with Gasteiger partial charge in [0.1, 0.15) is 17.1 Å². The highest BCUT2D eigenvalue weighted by Gasteiger charge is 2.10. The van der Waals surface area contributed by atoms with Gasteiger partial charge in [0.05, 0.1) is 7.11 Å². The number of carboxylic acid groups (broad SMARTS) is 1. The maximum Gasteiger partial charge on any atom is 0.339 e. The summed E-state index contributed by atoms with van der Waals surface area (Å²) >= 11 is 0. The molecule has 0 heterocycles. The number of carboxylic acids is 1. The zero-order chi connectivity index (χ0) is 13.7. The Hall–Kier alpha value is -2.23. The van der Waals surface area contributed by atoms with E-state index in [0.717, 1.165) is 10.8 Å². The van der Waals surface area contributed by atoms with Gasteiger partial charge in [-0.15, -0.1) is 0 Å². The Labute approximate surface area is 105 Å². The Bertz CT molecular complexity index is 561. The average Bonchev–Trinajstić information content (AvgIpc) is 2.39. The second-order valence-corrected chi connectivity index (χ2v) is 3.39. The number of hydrogen-bond donors (Lipinski definition) is 2. The van der Waals surface area contributed by atoms with Crippen LogP contribution in [0.5, 0.6) is 11.5 Å². The van der Waals surface area contributed by atoms with Crippen LogP contribution in [-0.2, 0) is 0 Å². The lowest BCUT2D eigenvalue weighted by Crippen LogP contribution is -1.96. The molecule has 0 aliphatic heterocycles. The second kappa shape index (κ2) is 5.91. The van der Waals surface area contributed by atoms with Gasteiger partial charge in [-0.05, 0) is 35.0 Å². The number of rotatable bonds is 2. The van der Waals surface area contributed by atoms with Crippen molar-refractivity contribution in [3.8, 4) is 11.5 Å². The predicted molar refractivity (Wildman–Crippen MR) is 70.5 cm³/mol. The van der Waals surface area contributed by atoms with Gasteiger partial charge in [0.15, 0.2) is 0 Å². The summed E-state index contributed by atoms with van der Waals surface area (Å²) in [6.07, 6.45) is 0. The van der Waals surface area contributed by atoms with E-state index in [0.29, 0.717) is 5.75 Å². The molecule has 0 saturated heterocycles. The minimum absolute atomic E-state index is 0.110. The summed E-state index contributed by atoms with van der Waals surface area (Å²) in [5.74, 6) is -0.734. The van der Waals surface area contributed by atoms with Crippen LogP contribution in [0.2, 0.25) is 0 Å². The molecule has 0 unspecified atom stereocenters. The highest BCUT2D eigenvalue weighted by molar-refractivity contribution is 5.97. The summed E-state index contributed by atoms with van der Waals surface area (Å²) in [5.41, 5.74) is -0.110. The zero-order valence-corrected chi connectivity index (χ0v) is 10.6. The van der Waals surface area contributed by atoms with Crippen LogP contribution in [0.1, 0.15) is 24.2 Å². The van der Waals surface area contributed by atoms with Crippen LogP contribution in [0.15, 0.2) is 30.3 Å². The van der Waals surface area contributed by atoms with E-state index in [4.69, 9.17) is 9.84 Å². The van der Waals surface area contributed by atoms with E-state index in [1.165, 1.54) is 12.1 Å². The molecule has 0 atom stereocenters. The number of aromatic hydroxyl groups is 1. The van der Waals surface area contributed by atoms with Crippen molar-refractivity contribution in [2.24, 2.45) is 0 Å². The molecule has 0 bridgehead atoms. The molecule has 4 nitrogen and oxygen atoms in total. The molecular weight excluding hydrogens is 232 g/mol. The first-order valence-electron chi connectivity index (χ1n) is 5.66. The molecule has 4 heteroatoms. The van der Waals surface area contributed by atoms with Crippen LogP contribution >= 0.6 is 0 Å². The molecule has 0 fully saturated rings. The van der Waals surface area contributed by atoms with E-state index < -0.39 is 5.97 Å². The van der Waals surface area contributed by atoms with E-state index in [1.54, 1.807) is 25.3 Å². The molecule has 2 N–H and O–H groups in total. The van der Waals surface area contributed by atoms with Crippen LogP contribution in [0.3, 0.4) is 0 Å². The fourth-order valence-electron chi connectivity index (χ4n) is 1.56. The van der Waals surface area contributed by atoms with Crippen molar-refractivity contribution < 1.29 is 19.7 Å². The Morgan fingerprint density at radius 1 is 1.11 bits per heavy atom. The number of aromatic carboxylic acids is 1. The molecule has 0 radical (unpaired) electrons. The fraction of sp³-hybridized carbons (Fsp3) is 0.214. The fourth-order valence-corrected chi connectivity index (χ4v) is 1.56. The highest BCUT2D eigenvalue weighted by atomic mass is 16.5. The second-order valence-electron chi connectivity index (χ2n) is 3.39. The van der Waals surface area contributed by atoms with Crippen molar-refractivity contribution in [2.45, 2.75) is 13.8 Å². The topological polar surface area (TPSA) is 66.8 Å². The van der Waals surface area contributed by atoms with Gasteiger partial charge in [0.2, 0.25) is 0 Å². The van der Waals surface area contributed by atoms with Gasteiger partial charge in [-0.1, -0.05) is 19.9 Å². The van der Waals surface area contributed by atoms with Gasteiger partial charge in [-0.3, -0.25) is 0 Å². The lowest BCUT2D eigenvalue weighted by Gasteiger charge is -2.05. The van der Waals surface area contributed by atoms with Gasteiger partial charge in [-0.2, -0.15) is 0 Å². The molecule has 0 aliphatic carbocycles. The van der Waals surface area contributed by atoms with Crippen LogP contribution in [0.25, 0.3) is 10.8 Å². The van der Waals surface area contributed by atoms with Gasteiger partial charge >= 0.3 is 5.97 Å². The van der Waals surface area contributed by atoms with Gasteiger partial charge < -0.3 is 14.9 Å². The van der Waals surface area contributed by atoms with E-state index in [9.17, 15) is 9.90 Å². The standard InChI is InChI=1S/C12H10O4.C2H6/c1-16-9-3-2-7-6-11(13)10(12(14)15)5-8(7)4-9;1-2/h2-6,13H,1H3,(H,14,15);1-2H3. The molecule has 96 valence electrons. The first kappa shape index (κ1) is 13.8. The molecule has 0 spiro atoms. The number of ether oxygens (including phenoxy) is 1. The summed E-state index contributed by atoms with van der Waals surface area (Å²) in [4.78, 5) is 10.8. The summed E-state index contributed by atoms with van der Waals surface area (Å²) in [6.45, 7) is 4.00. The van der Waals surface area contributed by atoms with E-state index in [2.05, 4.69) is 0 Å². The third-order valence-electron chi connectivity index (χ3n) is 2.39. The quantitative estimate of drug-likeness (QED) is 0.855. The summed E-state index contributed by atoms with van der Waals surface area (Å²) in [7, 11) is 1.54. The SMILES string of the molecule is CC.COc1ccc2cc(O)c(C(=O)O)cc2c1. The number of methoxy groups -OCH3 is 1. The maximum absolute atomic E-state index is 10.8. The molecular formula is C14H16O4. The zero-order valence-electron chi connectivity index (χ0n) is 10.6. The average molecular weight is 248 g/mol. The lowest BCUT2D eigenvalue weighted by molar-refractivity contribution is 0.0694. The van der Waals surface area contributed by atoms with E-state index in [-0.39, 0.29) is 11.3 Å². The molecule has 0 amide bonds. The van der Waals surface area contributed by atoms with Crippen molar-refractivity contribution >= 4 is 16.7 Å². The predicted octanol–water partition coefficient (Wildman–Crippen LogP) is 3.28. The van der Waals surface area contributed by atoms with E-state index in [1.807, 2.05) is 13.8 Å². The Morgan fingerprint density at radius 2 is 1.78 bits per heavy atom. The normalized spacial score (nSPS) is 9.50. The van der Waals surface area contributed by atoms with Crippen LogP contribution in [0.4, 0.5) is 0 Å². The van der Waals surface area contributed by atoms with E-state index >= 15 is 0 Å². The van der Waals surface area contributed by atoms with Crippen LogP contribution in [0, 0.1) is 0 Å². The molecule has 0 aromatic heterocycles. The molecule has 18 heavy (non-hydrogen) atoms. The first-order chi connectivity index (χ1) is 8.61. The van der Waals surface area contributed by atoms with Crippen molar-refractivity contribution in [3.05, 3.63) is 35.9 Å². The Kier molecular flexibility index (Phi) is 4.54. The van der Waals surface area contributed by atoms with Crippen LogP contribution in [-0.4, -0.2) is 23.3 Å². The molecule has 2 rings (SSSR count). The monoisotopic (exact) mass is 248 g/mol. The lowest BCUT2D eigenvalue weighted by atomic mass is 10.1. The maximum atomic E-state index is 10.8. The van der Waals surface area contributed by atoms with Crippen molar-refractivity contribution in [1.29, 1.82) is 0 Å². The van der Waals surface area contributed by atoms with Crippen molar-refractivity contribution in [3.63, 3.8) is 0 Å². The number of carbonyl (C=O) groups is 1. The minimum Gasteiger partial charge on any atom is -0.507 e. The summed E-state index contributed by atoms with van der Waals surface area (Å²) in [5, 5.41) is 19.8. The summed E-state index contributed by atoms with van der Waals surface area (Å²) < 4.78 is 5.04. The van der Waals surface area contributed by atoms with Gasteiger partial charge in [0.25, 0.3) is 0 Å². The third-order valence-corrected chi connectivity index (χ3v) is 2.39. The summed E-state index contributed by atoms with van der Waals surface area (Å²) in [6, 6.07) is 8.09. The van der Waals surface area contributed by atoms with Gasteiger partial charge in [-0.25, -0.2) is 4.79 Å². The number of hydrogen-bond acceptors (Lipinski definition) is 3. The molecule has 2 aromatic rings. The third kappa shape index (κ3) is 2.71. The molecule has 0 aliphatic rings.